The minimum Gasteiger partial charge on any atom is -0.489 e. The molecule has 3 aliphatic rings. The van der Waals surface area contributed by atoms with Gasteiger partial charge in [-0.2, -0.15) is 0 Å². The Morgan fingerprint density at radius 1 is 1.00 bits per heavy atom. The fourth-order valence-electron chi connectivity index (χ4n) is 7.95. The van der Waals surface area contributed by atoms with Crippen molar-refractivity contribution in [3.8, 4) is 5.75 Å². The van der Waals surface area contributed by atoms with Crippen LogP contribution in [0, 0.1) is 17.3 Å². The molecule has 2 fully saturated rings. The van der Waals surface area contributed by atoms with Crippen LogP contribution < -0.4 is 4.74 Å². The standard InChI is InChI=1S/C31H33N3O/c1-31-15-12-25-24-9-7-23(35-19-21-13-16-32-17-14-21)18-22(24)6-8-26(25)27(31)10-11-30(31)34-20-33-28-4-2-3-5-29(28)34/h2-5,7,9,13-14,16-18,20,25-27,30H,6,8,10-12,15,19H2,1H3/t25-,26-,27+,30?,31+/m1/s1. The molecule has 2 saturated carbocycles. The first-order valence-corrected chi connectivity index (χ1v) is 13.3. The number of hydrogen-bond acceptors (Lipinski definition) is 3. The number of ether oxygens (including phenoxy) is 1. The molecule has 3 aliphatic carbocycles. The Morgan fingerprint density at radius 3 is 2.80 bits per heavy atom. The normalized spacial score (nSPS) is 29.4. The van der Waals surface area contributed by atoms with Crippen molar-refractivity contribution in [2.24, 2.45) is 17.3 Å². The number of aromatic nitrogens is 3. The van der Waals surface area contributed by atoms with Gasteiger partial charge < -0.3 is 9.30 Å². The molecule has 2 aromatic heterocycles. The average molecular weight is 464 g/mol. The van der Waals surface area contributed by atoms with Crippen molar-refractivity contribution in [2.45, 2.75) is 64.0 Å². The van der Waals surface area contributed by atoms with E-state index in [2.05, 4.69) is 65.3 Å². The summed E-state index contributed by atoms with van der Waals surface area (Å²) in [5.74, 6) is 3.28. The number of pyridine rings is 1. The van der Waals surface area contributed by atoms with Crippen molar-refractivity contribution in [3.63, 3.8) is 0 Å². The fraction of sp³-hybridized carbons (Fsp3) is 0.419. The van der Waals surface area contributed by atoms with Crippen molar-refractivity contribution in [1.29, 1.82) is 0 Å². The molecule has 178 valence electrons. The molecule has 0 radical (unpaired) electrons. The van der Waals surface area contributed by atoms with Gasteiger partial charge in [-0.3, -0.25) is 4.98 Å². The van der Waals surface area contributed by atoms with E-state index in [0.29, 0.717) is 24.0 Å². The van der Waals surface area contributed by atoms with E-state index in [0.717, 1.165) is 28.7 Å². The third-order valence-electron chi connectivity index (χ3n) is 9.62. The minimum absolute atomic E-state index is 0.357. The molecule has 4 heteroatoms. The zero-order valence-electron chi connectivity index (χ0n) is 20.4. The summed E-state index contributed by atoms with van der Waals surface area (Å²) in [7, 11) is 0. The van der Waals surface area contributed by atoms with Crippen molar-refractivity contribution in [2.75, 3.05) is 0 Å². The Hall–Kier alpha value is -3.14. The lowest BCUT2D eigenvalue weighted by Gasteiger charge is -2.51. The van der Waals surface area contributed by atoms with E-state index in [4.69, 9.17) is 9.72 Å². The van der Waals surface area contributed by atoms with Crippen molar-refractivity contribution in [3.05, 3.63) is 90.0 Å². The maximum absolute atomic E-state index is 6.13. The Labute approximate surface area is 207 Å². The number of para-hydroxylation sites is 2. The number of hydrogen-bond donors (Lipinski definition) is 0. The second-order valence-electron chi connectivity index (χ2n) is 11.2. The number of rotatable bonds is 4. The van der Waals surface area contributed by atoms with Gasteiger partial charge in [0.1, 0.15) is 12.4 Å². The first kappa shape index (κ1) is 21.2. The predicted octanol–water partition coefficient (Wildman–Crippen LogP) is 7.11. The molecule has 0 spiro atoms. The molecule has 5 atom stereocenters. The number of imidazole rings is 1. The Balaban J connectivity index is 1.12. The van der Waals surface area contributed by atoms with E-state index >= 15 is 0 Å². The first-order chi connectivity index (χ1) is 17.2. The first-order valence-electron chi connectivity index (χ1n) is 13.3. The summed E-state index contributed by atoms with van der Waals surface area (Å²) in [6.45, 7) is 3.18. The maximum atomic E-state index is 6.13. The molecule has 2 aromatic carbocycles. The number of benzene rings is 2. The van der Waals surface area contributed by atoms with Crippen molar-refractivity contribution >= 4 is 11.0 Å². The molecule has 35 heavy (non-hydrogen) atoms. The summed E-state index contributed by atoms with van der Waals surface area (Å²) in [6.07, 6.45) is 13.5. The highest BCUT2D eigenvalue weighted by Gasteiger charge is 2.55. The Kier molecular flexibility index (Phi) is 4.97. The van der Waals surface area contributed by atoms with Crippen LogP contribution in [0.2, 0.25) is 0 Å². The number of fused-ring (bicyclic) bond motifs is 6. The van der Waals surface area contributed by atoms with Gasteiger partial charge in [-0.15, -0.1) is 0 Å². The molecule has 0 N–H and O–H groups in total. The van der Waals surface area contributed by atoms with Gasteiger partial charge in [0.25, 0.3) is 0 Å². The van der Waals surface area contributed by atoms with Crippen LogP contribution >= 0.6 is 0 Å². The lowest BCUT2D eigenvalue weighted by molar-refractivity contribution is 0.0331. The summed E-state index contributed by atoms with van der Waals surface area (Å²) in [5, 5.41) is 0. The molecular formula is C31H33N3O. The van der Waals surface area contributed by atoms with Crippen molar-refractivity contribution in [1.82, 2.24) is 14.5 Å². The van der Waals surface area contributed by atoms with Gasteiger partial charge in [0, 0.05) is 18.4 Å². The molecule has 1 unspecified atom stereocenters. The lowest BCUT2D eigenvalue weighted by atomic mass is 9.55. The van der Waals surface area contributed by atoms with Crippen molar-refractivity contribution < 1.29 is 4.74 Å². The lowest BCUT2D eigenvalue weighted by Crippen LogP contribution is -2.42. The SMILES string of the molecule is C[C@]12CC[C@@H]3c4ccc(OCc5ccncc5)cc4CC[C@H]3[C@@H]1CCC2n1cnc2ccccc21. The van der Waals surface area contributed by atoms with E-state index < -0.39 is 0 Å². The van der Waals surface area contributed by atoms with Gasteiger partial charge in [-0.25, -0.2) is 4.98 Å². The summed E-state index contributed by atoms with van der Waals surface area (Å²) in [5.41, 5.74) is 7.05. The highest BCUT2D eigenvalue weighted by atomic mass is 16.5. The average Bonchev–Trinajstić information content (AvgIpc) is 3.48. The number of aryl methyl sites for hydroxylation is 1. The van der Waals surface area contributed by atoms with E-state index in [-0.39, 0.29) is 0 Å². The summed E-state index contributed by atoms with van der Waals surface area (Å²) in [6, 6.07) is 20.1. The molecule has 0 aliphatic heterocycles. The second-order valence-corrected chi connectivity index (χ2v) is 11.2. The van der Waals surface area contributed by atoms with E-state index in [1.807, 2.05) is 24.5 Å². The van der Waals surface area contributed by atoms with E-state index in [1.54, 1.807) is 5.56 Å². The van der Waals surface area contributed by atoms with Gasteiger partial charge in [-0.1, -0.05) is 25.1 Å². The maximum Gasteiger partial charge on any atom is 0.120 e. The fourth-order valence-corrected chi connectivity index (χ4v) is 7.95. The van der Waals surface area contributed by atoms with Crippen LogP contribution in [0.1, 0.15) is 67.7 Å². The van der Waals surface area contributed by atoms with Crippen LogP contribution in [-0.4, -0.2) is 14.5 Å². The highest BCUT2D eigenvalue weighted by Crippen LogP contribution is 2.64. The molecule has 0 saturated heterocycles. The van der Waals surface area contributed by atoms with Gasteiger partial charge in [0.15, 0.2) is 0 Å². The Morgan fingerprint density at radius 2 is 1.89 bits per heavy atom. The predicted molar refractivity (Wildman–Crippen MR) is 138 cm³/mol. The van der Waals surface area contributed by atoms with Crippen LogP contribution in [0.15, 0.2) is 73.3 Å². The zero-order valence-corrected chi connectivity index (χ0v) is 20.4. The minimum atomic E-state index is 0.357. The van der Waals surface area contributed by atoms with Crippen LogP contribution in [0.25, 0.3) is 11.0 Å². The third-order valence-corrected chi connectivity index (χ3v) is 9.62. The molecular weight excluding hydrogens is 430 g/mol. The summed E-state index contributed by atoms with van der Waals surface area (Å²) in [4.78, 5) is 8.83. The molecule has 0 amide bonds. The monoisotopic (exact) mass is 463 g/mol. The summed E-state index contributed by atoms with van der Waals surface area (Å²) >= 11 is 0. The van der Waals surface area contributed by atoms with Gasteiger partial charge in [0.2, 0.25) is 0 Å². The van der Waals surface area contributed by atoms with Crippen LogP contribution in [0.5, 0.6) is 5.75 Å². The summed E-state index contributed by atoms with van der Waals surface area (Å²) < 4.78 is 8.65. The molecule has 7 rings (SSSR count). The Bertz CT molecular complexity index is 1360. The molecule has 4 nitrogen and oxygen atoms in total. The third kappa shape index (κ3) is 3.41. The van der Waals surface area contributed by atoms with Gasteiger partial charge in [-0.05, 0) is 115 Å². The largest absolute Gasteiger partial charge is 0.489 e. The van der Waals surface area contributed by atoms with Crippen LogP contribution in [0.3, 0.4) is 0 Å². The topological polar surface area (TPSA) is 39.9 Å². The molecule has 2 heterocycles. The number of nitrogens with zero attached hydrogens (tertiary/aromatic N) is 3. The van der Waals surface area contributed by atoms with Crippen LogP contribution in [-0.2, 0) is 13.0 Å². The molecule has 0 bridgehead atoms. The van der Waals surface area contributed by atoms with Gasteiger partial charge >= 0.3 is 0 Å². The van der Waals surface area contributed by atoms with E-state index in [1.165, 1.54) is 49.6 Å². The second kappa shape index (κ2) is 8.22. The quantitative estimate of drug-likeness (QED) is 0.324. The molecule has 4 aromatic rings. The van der Waals surface area contributed by atoms with Gasteiger partial charge in [0.05, 0.1) is 17.4 Å². The highest BCUT2D eigenvalue weighted by molar-refractivity contribution is 5.75. The smallest absolute Gasteiger partial charge is 0.120 e. The van der Waals surface area contributed by atoms with E-state index in [9.17, 15) is 0 Å². The zero-order chi connectivity index (χ0) is 23.4. The van der Waals surface area contributed by atoms with Crippen LogP contribution in [0.4, 0.5) is 0 Å².